The third kappa shape index (κ3) is 5.25. The van der Waals surface area contributed by atoms with Crippen LogP contribution in [0, 0.1) is 10.1 Å². The Morgan fingerprint density at radius 2 is 1.71 bits per heavy atom. The lowest BCUT2D eigenvalue weighted by Gasteiger charge is -2.13. The molecular weight excluding hydrogens is 460 g/mol. The maximum absolute atomic E-state index is 12.9. The summed E-state index contributed by atoms with van der Waals surface area (Å²) in [5.74, 6) is -1.24. The highest BCUT2D eigenvalue weighted by molar-refractivity contribution is 6.35. The number of nitro groups is 1. The molecule has 3 rings (SSSR count). The van der Waals surface area contributed by atoms with E-state index in [2.05, 4.69) is 5.32 Å². The van der Waals surface area contributed by atoms with Crippen LogP contribution >= 0.6 is 23.2 Å². The van der Waals surface area contributed by atoms with Gasteiger partial charge in [0, 0.05) is 11.1 Å². The van der Waals surface area contributed by atoms with Gasteiger partial charge in [-0.15, -0.1) is 0 Å². The minimum Gasteiger partial charge on any atom is -0.449 e. The number of nitrogens with zero attached hydrogens (tertiary/aromatic N) is 1. The van der Waals surface area contributed by atoms with Crippen molar-refractivity contribution in [2.24, 2.45) is 0 Å². The molecule has 0 saturated carbocycles. The molecule has 0 atom stereocenters. The predicted octanol–water partition coefficient (Wildman–Crippen LogP) is 6.97. The lowest BCUT2D eigenvalue weighted by atomic mass is 10.1. The predicted molar refractivity (Wildman–Crippen MR) is 109 cm³/mol. The number of carbonyl (C=O) groups excluding carboxylic acids is 1. The quantitative estimate of drug-likeness (QED) is 0.322. The van der Waals surface area contributed by atoms with Crippen LogP contribution in [0.25, 0.3) is 0 Å². The molecule has 160 valence electrons. The zero-order valence-electron chi connectivity index (χ0n) is 15.2. The molecule has 1 N–H and O–H groups in total. The topological polar surface area (TPSA) is 81.5 Å². The van der Waals surface area contributed by atoms with Crippen molar-refractivity contribution in [3.8, 4) is 11.5 Å². The second-order valence-corrected chi connectivity index (χ2v) is 6.96. The number of halogens is 5. The fraction of sp³-hybridized carbons (Fsp3) is 0.0500. The van der Waals surface area contributed by atoms with Gasteiger partial charge in [-0.2, -0.15) is 13.2 Å². The number of alkyl halides is 3. The lowest BCUT2D eigenvalue weighted by molar-refractivity contribution is -0.385. The molecule has 0 spiro atoms. The van der Waals surface area contributed by atoms with Crippen molar-refractivity contribution in [3.63, 3.8) is 0 Å². The second kappa shape index (κ2) is 8.83. The van der Waals surface area contributed by atoms with E-state index in [1.165, 1.54) is 42.5 Å². The summed E-state index contributed by atoms with van der Waals surface area (Å²) in [5.41, 5.74) is -1.92. The van der Waals surface area contributed by atoms with E-state index in [4.69, 9.17) is 27.9 Å². The molecule has 0 aromatic heterocycles. The van der Waals surface area contributed by atoms with E-state index in [9.17, 15) is 28.1 Å². The first-order chi connectivity index (χ1) is 14.6. The fourth-order valence-corrected chi connectivity index (χ4v) is 2.90. The minimum atomic E-state index is -4.77. The Kier molecular flexibility index (Phi) is 6.37. The highest BCUT2D eigenvalue weighted by atomic mass is 35.5. The molecule has 11 heteroatoms. The van der Waals surface area contributed by atoms with E-state index in [1.807, 2.05) is 0 Å². The van der Waals surface area contributed by atoms with Crippen molar-refractivity contribution < 1.29 is 27.6 Å². The molecule has 0 aliphatic rings. The smallest absolute Gasteiger partial charge is 0.416 e. The standard InChI is InChI=1S/C20H11Cl2F3N2O4/c21-12-6-7-14(22)15(10-12)26-19(28)13-3-1-2-4-17(13)31-18-8-5-11(20(23,24)25)9-16(18)27(29)30/h1-10H,(H,26,28). The third-order valence-electron chi connectivity index (χ3n) is 4.01. The van der Waals surface area contributed by atoms with Gasteiger partial charge in [-0.05, 0) is 42.5 Å². The zero-order valence-corrected chi connectivity index (χ0v) is 16.8. The van der Waals surface area contributed by atoms with Crippen LogP contribution in [0.3, 0.4) is 0 Å². The van der Waals surface area contributed by atoms with E-state index in [0.29, 0.717) is 17.2 Å². The molecular formula is C20H11Cl2F3N2O4. The lowest BCUT2D eigenvalue weighted by Crippen LogP contribution is -2.13. The summed E-state index contributed by atoms with van der Waals surface area (Å²) < 4.78 is 44.1. The number of hydrogen-bond acceptors (Lipinski definition) is 4. The fourth-order valence-electron chi connectivity index (χ4n) is 2.57. The maximum atomic E-state index is 12.9. The van der Waals surface area contributed by atoms with Crippen LogP contribution in [0.5, 0.6) is 11.5 Å². The average molecular weight is 471 g/mol. The Bertz CT molecular complexity index is 1170. The van der Waals surface area contributed by atoms with Gasteiger partial charge in [-0.1, -0.05) is 35.3 Å². The SMILES string of the molecule is O=C(Nc1cc(Cl)ccc1Cl)c1ccccc1Oc1ccc(C(F)(F)F)cc1[N+](=O)[O-]. The van der Waals surface area contributed by atoms with Crippen molar-refractivity contribution in [2.45, 2.75) is 6.18 Å². The first kappa shape index (κ1) is 22.4. The molecule has 0 heterocycles. The monoisotopic (exact) mass is 470 g/mol. The van der Waals surface area contributed by atoms with E-state index in [-0.39, 0.29) is 22.0 Å². The number of benzene rings is 3. The van der Waals surface area contributed by atoms with Gasteiger partial charge in [0.25, 0.3) is 5.91 Å². The Hall–Kier alpha value is -3.30. The first-order valence-electron chi connectivity index (χ1n) is 8.45. The van der Waals surface area contributed by atoms with Gasteiger partial charge < -0.3 is 10.1 Å². The normalized spacial score (nSPS) is 11.1. The Labute approximate surface area is 183 Å². The summed E-state index contributed by atoms with van der Waals surface area (Å²) in [6.45, 7) is 0. The van der Waals surface area contributed by atoms with Crippen molar-refractivity contribution in [1.29, 1.82) is 0 Å². The summed E-state index contributed by atoms with van der Waals surface area (Å²) in [4.78, 5) is 23.0. The van der Waals surface area contributed by atoms with Crippen LogP contribution in [-0.4, -0.2) is 10.8 Å². The van der Waals surface area contributed by atoms with Crippen molar-refractivity contribution in [1.82, 2.24) is 0 Å². The van der Waals surface area contributed by atoms with Gasteiger partial charge in [0.05, 0.1) is 26.8 Å². The molecule has 3 aromatic rings. The molecule has 0 aliphatic carbocycles. The van der Waals surface area contributed by atoms with Crippen LogP contribution in [0.1, 0.15) is 15.9 Å². The van der Waals surface area contributed by atoms with Gasteiger partial charge in [-0.3, -0.25) is 14.9 Å². The number of hydrogen-bond donors (Lipinski definition) is 1. The summed E-state index contributed by atoms with van der Waals surface area (Å²) in [7, 11) is 0. The van der Waals surface area contributed by atoms with Crippen LogP contribution in [0.4, 0.5) is 24.5 Å². The van der Waals surface area contributed by atoms with Crippen molar-refractivity contribution in [3.05, 3.63) is 92.0 Å². The number of rotatable bonds is 5. The van der Waals surface area contributed by atoms with Gasteiger partial charge >= 0.3 is 11.9 Å². The third-order valence-corrected chi connectivity index (χ3v) is 4.58. The molecule has 0 unspecified atom stereocenters. The highest BCUT2D eigenvalue weighted by Gasteiger charge is 2.33. The molecule has 6 nitrogen and oxygen atoms in total. The van der Waals surface area contributed by atoms with Crippen LogP contribution in [0.2, 0.25) is 10.0 Å². The maximum Gasteiger partial charge on any atom is 0.416 e. The molecule has 0 saturated heterocycles. The summed E-state index contributed by atoms with van der Waals surface area (Å²) in [6, 6.07) is 12.0. The Morgan fingerprint density at radius 1 is 1.00 bits per heavy atom. The molecule has 0 radical (unpaired) electrons. The average Bonchev–Trinajstić information content (AvgIpc) is 2.70. The minimum absolute atomic E-state index is 0.0345. The van der Waals surface area contributed by atoms with Crippen LogP contribution in [0.15, 0.2) is 60.7 Å². The molecule has 1 amide bonds. The summed E-state index contributed by atoms with van der Waals surface area (Å²) in [5, 5.41) is 14.4. The molecule has 3 aromatic carbocycles. The highest BCUT2D eigenvalue weighted by Crippen LogP contribution is 2.38. The Morgan fingerprint density at radius 3 is 2.39 bits per heavy atom. The van der Waals surface area contributed by atoms with Gasteiger partial charge in [0.1, 0.15) is 5.75 Å². The first-order valence-corrected chi connectivity index (χ1v) is 9.21. The zero-order chi connectivity index (χ0) is 22.8. The summed E-state index contributed by atoms with van der Waals surface area (Å²) in [6.07, 6.45) is -4.77. The van der Waals surface area contributed by atoms with Gasteiger partial charge in [0.15, 0.2) is 0 Å². The van der Waals surface area contributed by atoms with Gasteiger partial charge in [-0.25, -0.2) is 0 Å². The number of carbonyl (C=O) groups is 1. The van der Waals surface area contributed by atoms with E-state index in [1.54, 1.807) is 0 Å². The number of nitro benzene ring substituents is 1. The number of anilines is 1. The molecule has 0 bridgehead atoms. The van der Waals surface area contributed by atoms with Crippen molar-refractivity contribution in [2.75, 3.05) is 5.32 Å². The number of para-hydroxylation sites is 1. The molecule has 31 heavy (non-hydrogen) atoms. The molecule has 0 aliphatic heterocycles. The number of nitrogens with one attached hydrogen (secondary N) is 1. The van der Waals surface area contributed by atoms with E-state index < -0.39 is 34.0 Å². The van der Waals surface area contributed by atoms with E-state index >= 15 is 0 Å². The van der Waals surface area contributed by atoms with Crippen molar-refractivity contribution >= 4 is 40.5 Å². The number of ether oxygens (including phenoxy) is 1. The largest absolute Gasteiger partial charge is 0.449 e. The van der Waals surface area contributed by atoms with Gasteiger partial charge in [0.2, 0.25) is 5.75 Å². The van der Waals surface area contributed by atoms with Crippen LogP contribution in [-0.2, 0) is 6.18 Å². The van der Waals surface area contributed by atoms with Crippen LogP contribution < -0.4 is 10.1 Å². The Balaban J connectivity index is 1.95. The second-order valence-electron chi connectivity index (χ2n) is 6.11. The number of amides is 1. The summed E-state index contributed by atoms with van der Waals surface area (Å²) >= 11 is 11.9. The van der Waals surface area contributed by atoms with E-state index in [0.717, 1.165) is 6.07 Å². The molecule has 0 fully saturated rings.